The summed E-state index contributed by atoms with van der Waals surface area (Å²) in [5.41, 5.74) is 0.666. The van der Waals surface area contributed by atoms with Gasteiger partial charge in [-0.3, -0.25) is 0 Å². The number of aliphatic hydroxyl groups is 1. The summed E-state index contributed by atoms with van der Waals surface area (Å²) >= 11 is 0. The number of aliphatic hydroxyl groups excluding tert-OH is 1. The molecule has 3 heteroatoms. The zero-order valence-corrected chi connectivity index (χ0v) is 10.2. The molecule has 0 amide bonds. The molecule has 3 unspecified atom stereocenters. The first-order valence-electron chi connectivity index (χ1n) is 6.40. The fraction of sp³-hybridized carbons (Fsp3) is 0.571. The maximum absolute atomic E-state index is 13.1. The highest BCUT2D eigenvalue weighted by atomic mass is 19.1. The molecule has 0 bridgehead atoms. The lowest BCUT2D eigenvalue weighted by Crippen LogP contribution is -2.33. The summed E-state index contributed by atoms with van der Waals surface area (Å²) in [6.07, 6.45) is 3.76. The molecular weight excluding hydrogens is 217 g/mol. The van der Waals surface area contributed by atoms with Gasteiger partial charge in [0.05, 0.1) is 6.10 Å². The van der Waals surface area contributed by atoms with Crippen LogP contribution < -0.4 is 5.32 Å². The largest absolute Gasteiger partial charge is 0.387 e. The molecule has 2 N–H and O–H groups in total. The van der Waals surface area contributed by atoms with Crippen molar-refractivity contribution in [3.05, 3.63) is 35.6 Å². The lowest BCUT2D eigenvalue weighted by atomic mass is 10.0. The van der Waals surface area contributed by atoms with E-state index in [2.05, 4.69) is 12.2 Å². The minimum Gasteiger partial charge on any atom is -0.387 e. The van der Waals surface area contributed by atoms with Crippen LogP contribution in [0.2, 0.25) is 0 Å². The fourth-order valence-electron chi connectivity index (χ4n) is 2.60. The average Bonchev–Trinajstić information content (AvgIpc) is 2.77. The second-order valence-corrected chi connectivity index (χ2v) is 4.84. The Morgan fingerprint density at radius 3 is 3.00 bits per heavy atom. The second-order valence-electron chi connectivity index (χ2n) is 4.84. The monoisotopic (exact) mass is 237 g/mol. The first-order chi connectivity index (χ1) is 8.20. The molecule has 1 saturated heterocycles. The third-order valence-corrected chi connectivity index (χ3v) is 3.48. The van der Waals surface area contributed by atoms with Crippen LogP contribution in [0, 0.1) is 5.82 Å². The third kappa shape index (κ3) is 3.05. The van der Waals surface area contributed by atoms with Crippen molar-refractivity contribution < 1.29 is 9.50 Å². The third-order valence-electron chi connectivity index (χ3n) is 3.48. The predicted octanol–water partition coefficient (Wildman–Crippen LogP) is 2.78. The van der Waals surface area contributed by atoms with E-state index < -0.39 is 6.10 Å². The SMILES string of the molecule is CCCC1CCC(C(O)c2cccc(F)c2)N1. The van der Waals surface area contributed by atoms with Gasteiger partial charge >= 0.3 is 0 Å². The van der Waals surface area contributed by atoms with Gasteiger partial charge in [-0.15, -0.1) is 0 Å². The van der Waals surface area contributed by atoms with E-state index >= 15 is 0 Å². The molecule has 1 heterocycles. The maximum atomic E-state index is 13.1. The topological polar surface area (TPSA) is 32.3 Å². The van der Waals surface area contributed by atoms with Crippen LogP contribution in [-0.4, -0.2) is 17.2 Å². The molecule has 0 aliphatic carbocycles. The van der Waals surface area contributed by atoms with Gasteiger partial charge < -0.3 is 10.4 Å². The summed E-state index contributed by atoms with van der Waals surface area (Å²) in [7, 11) is 0. The Bertz CT molecular complexity index is 369. The summed E-state index contributed by atoms with van der Waals surface area (Å²) in [4.78, 5) is 0. The van der Waals surface area contributed by atoms with Crippen molar-refractivity contribution in [3.63, 3.8) is 0 Å². The molecule has 2 nitrogen and oxygen atoms in total. The first kappa shape index (κ1) is 12.5. The highest BCUT2D eigenvalue weighted by molar-refractivity contribution is 5.20. The smallest absolute Gasteiger partial charge is 0.123 e. The van der Waals surface area contributed by atoms with Crippen LogP contribution in [-0.2, 0) is 0 Å². The lowest BCUT2D eigenvalue weighted by molar-refractivity contribution is 0.134. The van der Waals surface area contributed by atoms with Gasteiger partial charge in [0.15, 0.2) is 0 Å². The number of nitrogens with one attached hydrogen (secondary N) is 1. The van der Waals surface area contributed by atoms with E-state index in [4.69, 9.17) is 0 Å². The molecular formula is C14H20FNO. The van der Waals surface area contributed by atoms with Gasteiger partial charge in [0.25, 0.3) is 0 Å². The van der Waals surface area contributed by atoms with Crippen molar-refractivity contribution in [1.82, 2.24) is 5.32 Å². The highest BCUT2D eigenvalue weighted by Crippen LogP contribution is 2.27. The van der Waals surface area contributed by atoms with Crippen molar-refractivity contribution in [3.8, 4) is 0 Å². The zero-order valence-electron chi connectivity index (χ0n) is 10.2. The average molecular weight is 237 g/mol. The molecule has 0 saturated carbocycles. The van der Waals surface area contributed by atoms with Gasteiger partial charge in [-0.1, -0.05) is 25.5 Å². The highest BCUT2D eigenvalue weighted by Gasteiger charge is 2.29. The van der Waals surface area contributed by atoms with Gasteiger partial charge in [0.1, 0.15) is 5.82 Å². The molecule has 1 aromatic rings. The maximum Gasteiger partial charge on any atom is 0.123 e. The molecule has 1 aliphatic rings. The van der Waals surface area contributed by atoms with E-state index in [1.54, 1.807) is 12.1 Å². The number of hydrogen-bond donors (Lipinski definition) is 2. The van der Waals surface area contributed by atoms with Crippen LogP contribution in [0.3, 0.4) is 0 Å². The van der Waals surface area contributed by atoms with Crippen LogP contribution in [0.5, 0.6) is 0 Å². The Morgan fingerprint density at radius 1 is 1.47 bits per heavy atom. The normalized spacial score (nSPS) is 26.1. The quantitative estimate of drug-likeness (QED) is 0.844. The Labute approximate surface area is 102 Å². The molecule has 0 aromatic heterocycles. The van der Waals surface area contributed by atoms with Crippen molar-refractivity contribution in [2.75, 3.05) is 0 Å². The van der Waals surface area contributed by atoms with E-state index in [0.717, 1.165) is 25.7 Å². The van der Waals surface area contributed by atoms with Crippen LogP contribution in [0.25, 0.3) is 0 Å². The Kier molecular flexibility index (Phi) is 4.13. The molecule has 0 spiro atoms. The van der Waals surface area contributed by atoms with Crippen molar-refractivity contribution in [1.29, 1.82) is 0 Å². The Morgan fingerprint density at radius 2 is 2.29 bits per heavy atom. The van der Waals surface area contributed by atoms with Crippen molar-refractivity contribution in [2.45, 2.75) is 50.8 Å². The van der Waals surface area contributed by atoms with Gasteiger partial charge in [-0.05, 0) is 37.0 Å². The first-order valence-corrected chi connectivity index (χ1v) is 6.40. The van der Waals surface area contributed by atoms with E-state index in [1.807, 2.05) is 0 Å². The summed E-state index contributed by atoms with van der Waals surface area (Å²) in [5, 5.41) is 13.6. The van der Waals surface area contributed by atoms with E-state index in [9.17, 15) is 9.50 Å². The van der Waals surface area contributed by atoms with Crippen LogP contribution in [0.4, 0.5) is 4.39 Å². The summed E-state index contributed by atoms with van der Waals surface area (Å²) in [5.74, 6) is -0.287. The molecule has 1 aliphatic heterocycles. The molecule has 1 aromatic carbocycles. The number of rotatable bonds is 4. The number of hydrogen-bond acceptors (Lipinski definition) is 2. The minimum atomic E-state index is -0.604. The predicted molar refractivity (Wildman–Crippen MR) is 66.2 cm³/mol. The van der Waals surface area contributed by atoms with Crippen molar-refractivity contribution in [2.24, 2.45) is 0 Å². The molecule has 1 fully saturated rings. The van der Waals surface area contributed by atoms with Crippen LogP contribution in [0.1, 0.15) is 44.3 Å². The van der Waals surface area contributed by atoms with E-state index in [1.165, 1.54) is 12.1 Å². The fourth-order valence-corrected chi connectivity index (χ4v) is 2.60. The van der Waals surface area contributed by atoms with Gasteiger partial charge in [0, 0.05) is 12.1 Å². The Hall–Kier alpha value is -0.930. The van der Waals surface area contributed by atoms with Crippen LogP contribution >= 0.6 is 0 Å². The standard InChI is InChI=1S/C14H20FNO/c1-2-4-12-7-8-13(16-12)14(17)10-5-3-6-11(15)9-10/h3,5-6,9,12-14,16-17H,2,4,7-8H2,1H3. The molecule has 3 atom stereocenters. The van der Waals surface area contributed by atoms with Gasteiger partial charge in [-0.2, -0.15) is 0 Å². The van der Waals surface area contributed by atoms with Crippen LogP contribution in [0.15, 0.2) is 24.3 Å². The zero-order chi connectivity index (χ0) is 12.3. The number of benzene rings is 1. The summed E-state index contributed by atoms with van der Waals surface area (Å²) < 4.78 is 13.1. The Balaban J connectivity index is 1.99. The van der Waals surface area contributed by atoms with Crippen molar-refractivity contribution >= 4 is 0 Å². The van der Waals surface area contributed by atoms with E-state index in [-0.39, 0.29) is 11.9 Å². The molecule has 17 heavy (non-hydrogen) atoms. The number of halogens is 1. The molecule has 0 radical (unpaired) electrons. The molecule has 2 rings (SSSR count). The second kappa shape index (κ2) is 5.61. The summed E-state index contributed by atoms with van der Waals surface area (Å²) in [6.45, 7) is 2.16. The van der Waals surface area contributed by atoms with E-state index in [0.29, 0.717) is 11.6 Å². The molecule has 94 valence electrons. The van der Waals surface area contributed by atoms with Gasteiger partial charge in [0.2, 0.25) is 0 Å². The lowest BCUT2D eigenvalue weighted by Gasteiger charge is -2.20. The van der Waals surface area contributed by atoms with Gasteiger partial charge in [-0.25, -0.2) is 4.39 Å². The summed E-state index contributed by atoms with van der Waals surface area (Å²) in [6, 6.07) is 6.81. The minimum absolute atomic E-state index is 0.0633.